The first-order valence-electron chi connectivity index (χ1n) is 9.48. The van der Waals surface area contributed by atoms with E-state index in [2.05, 4.69) is 20.3 Å². The topological polar surface area (TPSA) is 110 Å². The molecular formula is C19H25N5O4. The predicted octanol–water partition coefficient (Wildman–Crippen LogP) is 1.26. The first-order valence-corrected chi connectivity index (χ1v) is 9.48. The second-order valence-corrected chi connectivity index (χ2v) is 7.21. The Morgan fingerprint density at radius 3 is 2.71 bits per heavy atom. The highest BCUT2D eigenvalue weighted by atomic mass is 16.6. The lowest BCUT2D eigenvalue weighted by molar-refractivity contribution is -0.122. The zero-order valence-electron chi connectivity index (χ0n) is 16.2. The van der Waals surface area contributed by atoms with Crippen LogP contribution in [0.25, 0.3) is 0 Å². The molecule has 1 fully saturated rings. The SMILES string of the molecule is Cc1nonc1CN(C)C(=O)c1cccn(CC(=O)NC2CCCCC2)c1=O. The lowest BCUT2D eigenvalue weighted by Crippen LogP contribution is -2.41. The summed E-state index contributed by atoms with van der Waals surface area (Å²) in [6.07, 6.45) is 6.89. The molecule has 1 N–H and O–H groups in total. The van der Waals surface area contributed by atoms with Gasteiger partial charge in [-0.2, -0.15) is 0 Å². The molecule has 1 saturated carbocycles. The maximum Gasteiger partial charge on any atom is 0.263 e. The number of carbonyl (C=O) groups excluding carboxylic acids is 2. The fraction of sp³-hybridized carbons (Fsp3) is 0.526. The summed E-state index contributed by atoms with van der Waals surface area (Å²) in [6.45, 7) is 1.79. The van der Waals surface area contributed by atoms with Crippen molar-refractivity contribution < 1.29 is 14.2 Å². The molecule has 1 aliphatic carbocycles. The van der Waals surface area contributed by atoms with E-state index >= 15 is 0 Å². The van der Waals surface area contributed by atoms with E-state index in [0.29, 0.717) is 11.4 Å². The summed E-state index contributed by atoms with van der Waals surface area (Å²) in [5.74, 6) is -0.661. The van der Waals surface area contributed by atoms with E-state index in [1.54, 1.807) is 20.0 Å². The summed E-state index contributed by atoms with van der Waals surface area (Å²) in [4.78, 5) is 39.1. The number of carbonyl (C=O) groups is 2. The Labute approximate surface area is 162 Å². The predicted molar refractivity (Wildman–Crippen MR) is 101 cm³/mol. The Morgan fingerprint density at radius 1 is 1.29 bits per heavy atom. The number of aromatic nitrogens is 3. The van der Waals surface area contributed by atoms with Gasteiger partial charge in [0.15, 0.2) is 0 Å². The molecule has 0 atom stereocenters. The molecule has 28 heavy (non-hydrogen) atoms. The number of rotatable bonds is 6. The van der Waals surface area contributed by atoms with Gasteiger partial charge in [-0.25, -0.2) is 4.63 Å². The van der Waals surface area contributed by atoms with Gasteiger partial charge in [-0.05, 0) is 31.9 Å². The molecule has 2 aromatic heterocycles. The molecule has 0 spiro atoms. The van der Waals surface area contributed by atoms with Crippen molar-refractivity contribution in [1.82, 2.24) is 25.1 Å². The molecule has 150 valence electrons. The van der Waals surface area contributed by atoms with E-state index in [1.807, 2.05) is 0 Å². The average molecular weight is 387 g/mol. The van der Waals surface area contributed by atoms with Gasteiger partial charge < -0.3 is 14.8 Å². The Bertz CT molecular complexity index is 898. The number of aryl methyl sites for hydroxylation is 1. The fourth-order valence-electron chi connectivity index (χ4n) is 3.39. The maximum atomic E-state index is 12.7. The monoisotopic (exact) mass is 387 g/mol. The molecule has 0 saturated heterocycles. The van der Waals surface area contributed by atoms with Crippen molar-refractivity contribution in [1.29, 1.82) is 0 Å². The van der Waals surface area contributed by atoms with Crippen molar-refractivity contribution in [3.63, 3.8) is 0 Å². The Kier molecular flexibility index (Phi) is 6.23. The quantitative estimate of drug-likeness (QED) is 0.799. The summed E-state index contributed by atoms with van der Waals surface area (Å²) in [7, 11) is 1.57. The zero-order valence-corrected chi connectivity index (χ0v) is 16.2. The molecule has 2 amide bonds. The number of hydrogen-bond acceptors (Lipinski definition) is 6. The molecule has 3 rings (SSSR count). The molecule has 1 aliphatic rings. The minimum Gasteiger partial charge on any atom is -0.352 e. The third-order valence-corrected chi connectivity index (χ3v) is 5.01. The minimum absolute atomic E-state index is 0.00423. The first kappa shape index (κ1) is 19.8. The molecule has 2 heterocycles. The second kappa shape index (κ2) is 8.81. The van der Waals surface area contributed by atoms with Gasteiger partial charge in [-0.15, -0.1) is 0 Å². The molecule has 0 radical (unpaired) electrons. The third kappa shape index (κ3) is 4.65. The van der Waals surface area contributed by atoms with Crippen LogP contribution < -0.4 is 10.9 Å². The highest BCUT2D eigenvalue weighted by Gasteiger charge is 2.20. The molecule has 0 aliphatic heterocycles. The average Bonchev–Trinajstić information content (AvgIpc) is 3.08. The smallest absolute Gasteiger partial charge is 0.263 e. The van der Waals surface area contributed by atoms with E-state index in [1.165, 1.54) is 28.2 Å². The van der Waals surface area contributed by atoms with Gasteiger partial charge in [0.25, 0.3) is 11.5 Å². The summed E-state index contributed by atoms with van der Waals surface area (Å²) in [5.41, 5.74) is 0.626. The van der Waals surface area contributed by atoms with E-state index in [9.17, 15) is 14.4 Å². The van der Waals surface area contributed by atoms with E-state index in [4.69, 9.17) is 0 Å². The Morgan fingerprint density at radius 2 is 2.04 bits per heavy atom. The van der Waals surface area contributed by atoms with Gasteiger partial charge in [0.05, 0.1) is 6.54 Å². The van der Waals surface area contributed by atoms with Crippen LogP contribution in [-0.4, -0.2) is 44.7 Å². The van der Waals surface area contributed by atoms with Crippen molar-refractivity contribution in [3.05, 3.63) is 45.6 Å². The largest absolute Gasteiger partial charge is 0.352 e. The van der Waals surface area contributed by atoms with E-state index in [-0.39, 0.29) is 30.6 Å². The number of nitrogens with one attached hydrogen (secondary N) is 1. The van der Waals surface area contributed by atoms with Gasteiger partial charge in [-0.1, -0.05) is 29.6 Å². The van der Waals surface area contributed by atoms with Crippen molar-refractivity contribution in [2.45, 2.75) is 58.2 Å². The van der Waals surface area contributed by atoms with E-state index in [0.717, 1.165) is 25.7 Å². The molecule has 9 nitrogen and oxygen atoms in total. The van der Waals surface area contributed by atoms with Crippen LogP contribution in [0.5, 0.6) is 0 Å². The molecule has 0 unspecified atom stereocenters. The van der Waals surface area contributed by atoms with Crippen LogP contribution in [-0.2, 0) is 17.9 Å². The van der Waals surface area contributed by atoms with Gasteiger partial charge in [-0.3, -0.25) is 14.4 Å². The number of amides is 2. The summed E-state index contributed by atoms with van der Waals surface area (Å²) < 4.78 is 5.90. The maximum absolute atomic E-state index is 12.7. The third-order valence-electron chi connectivity index (χ3n) is 5.01. The molecule has 2 aromatic rings. The van der Waals surface area contributed by atoms with Gasteiger partial charge in [0, 0.05) is 19.3 Å². The van der Waals surface area contributed by atoms with Gasteiger partial charge in [0.1, 0.15) is 23.5 Å². The normalized spacial score (nSPS) is 14.6. The highest BCUT2D eigenvalue weighted by Crippen LogP contribution is 2.17. The van der Waals surface area contributed by atoms with Crippen LogP contribution in [0.15, 0.2) is 27.8 Å². The van der Waals surface area contributed by atoms with Crippen molar-refractivity contribution in [3.8, 4) is 0 Å². The van der Waals surface area contributed by atoms with Crippen LogP contribution in [0.1, 0.15) is 53.8 Å². The Balaban J connectivity index is 1.67. The first-order chi connectivity index (χ1) is 13.5. The zero-order chi connectivity index (χ0) is 20.1. The summed E-state index contributed by atoms with van der Waals surface area (Å²) >= 11 is 0. The van der Waals surface area contributed by atoms with Crippen molar-refractivity contribution in [2.75, 3.05) is 7.05 Å². The number of nitrogens with zero attached hydrogens (tertiary/aromatic N) is 4. The van der Waals surface area contributed by atoms with E-state index < -0.39 is 11.5 Å². The van der Waals surface area contributed by atoms with Crippen LogP contribution in [0.3, 0.4) is 0 Å². The highest BCUT2D eigenvalue weighted by molar-refractivity contribution is 5.93. The number of pyridine rings is 1. The number of hydrogen-bond donors (Lipinski definition) is 1. The standard InChI is InChI=1S/C19H25N5O4/c1-13-16(22-28-21-13)11-23(2)18(26)15-9-6-10-24(19(15)27)12-17(25)20-14-7-4-3-5-8-14/h6,9-10,14H,3-5,7-8,11-12H2,1-2H3,(H,20,25). The van der Waals surface area contributed by atoms with Gasteiger partial charge in [0.2, 0.25) is 5.91 Å². The summed E-state index contributed by atoms with van der Waals surface area (Å²) in [5, 5.41) is 10.4. The lowest BCUT2D eigenvalue weighted by atomic mass is 9.95. The minimum atomic E-state index is -0.492. The van der Waals surface area contributed by atoms with Crippen LogP contribution in [0.4, 0.5) is 0 Å². The van der Waals surface area contributed by atoms with Gasteiger partial charge >= 0.3 is 0 Å². The molecule has 0 bridgehead atoms. The van der Waals surface area contributed by atoms with Crippen LogP contribution in [0, 0.1) is 6.92 Å². The lowest BCUT2D eigenvalue weighted by Gasteiger charge is -2.23. The Hall–Kier alpha value is -2.97. The van der Waals surface area contributed by atoms with Crippen molar-refractivity contribution in [2.24, 2.45) is 0 Å². The van der Waals surface area contributed by atoms with Crippen LogP contribution >= 0.6 is 0 Å². The summed E-state index contributed by atoms with van der Waals surface area (Å²) in [6, 6.07) is 3.23. The van der Waals surface area contributed by atoms with Crippen molar-refractivity contribution >= 4 is 11.8 Å². The molecule has 0 aromatic carbocycles. The molecular weight excluding hydrogens is 362 g/mol. The second-order valence-electron chi connectivity index (χ2n) is 7.21. The molecule has 9 heteroatoms. The van der Waals surface area contributed by atoms with Crippen LogP contribution in [0.2, 0.25) is 0 Å². The fourth-order valence-corrected chi connectivity index (χ4v) is 3.39.